The van der Waals surface area contributed by atoms with Gasteiger partial charge in [0.15, 0.2) is 0 Å². The maximum atomic E-state index is 12.9. The minimum Gasteiger partial charge on any atom is -0.456 e. The summed E-state index contributed by atoms with van der Waals surface area (Å²) in [5.74, 6) is 0.841. The van der Waals surface area contributed by atoms with Gasteiger partial charge in [0.05, 0.1) is 11.1 Å². The van der Waals surface area contributed by atoms with Crippen molar-refractivity contribution in [3.63, 3.8) is 0 Å². The third kappa shape index (κ3) is 5.15. The van der Waals surface area contributed by atoms with E-state index < -0.39 is 10.0 Å². The second-order valence-electron chi connectivity index (χ2n) is 7.27. The van der Waals surface area contributed by atoms with Crippen LogP contribution in [-0.2, 0) is 10.0 Å². The van der Waals surface area contributed by atoms with Crippen LogP contribution in [0.15, 0.2) is 65.8 Å². The molecule has 0 aliphatic heterocycles. The third-order valence-corrected chi connectivity index (χ3v) is 7.25. The maximum Gasteiger partial charge on any atom is 0.255 e. The number of ether oxygens (including phenoxy) is 1. The van der Waals surface area contributed by atoms with Crippen molar-refractivity contribution < 1.29 is 17.9 Å². The number of anilines is 1. The summed E-state index contributed by atoms with van der Waals surface area (Å²) in [5.41, 5.74) is 2.50. The maximum absolute atomic E-state index is 12.9. The van der Waals surface area contributed by atoms with Crippen LogP contribution in [0.4, 0.5) is 5.69 Å². The van der Waals surface area contributed by atoms with Gasteiger partial charge >= 0.3 is 0 Å². The van der Waals surface area contributed by atoms with Crippen molar-refractivity contribution in [3.05, 3.63) is 77.6 Å². The number of nitrogens with one attached hydrogen (secondary N) is 1. The molecule has 0 spiro atoms. The van der Waals surface area contributed by atoms with Crippen LogP contribution in [-0.4, -0.2) is 36.7 Å². The molecule has 3 aromatic rings. The van der Waals surface area contributed by atoms with Gasteiger partial charge < -0.3 is 10.1 Å². The SMILES string of the molecule is CCN(CC)S(=O)(=O)c1cc(C)c(C)c(NC(=O)c2ccc(Oc3cccnc3)cc2)c1. The highest BCUT2D eigenvalue weighted by Gasteiger charge is 2.23. The molecule has 7 nitrogen and oxygen atoms in total. The fraction of sp³-hybridized carbons (Fsp3) is 0.250. The number of hydrogen-bond donors (Lipinski definition) is 1. The summed E-state index contributed by atoms with van der Waals surface area (Å²) >= 11 is 0. The molecule has 1 heterocycles. The zero-order valence-electron chi connectivity index (χ0n) is 18.6. The average Bonchev–Trinajstić information content (AvgIpc) is 2.78. The van der Waals surface area contributed by atoms with Crippen LogP contribution in [0.2, 0.25) is 0 Å². The van der Waals surface area contributed by atoms with E-state index in [2.05, 4.69) is 10.3 Å². The van der Waals surface area contributed by atoms with Gasteiger partial charge in [-0.05, 0) is 73.5 Å². The minimum absolute atomic E-state index is 0.166. The molecule has 168 valence electrons. The van der Waals surface area contributed by atoms with E-state index in [1.165, 1.54) is 10.4 Å². The second-order valence-corrected chi connectivity index (χ2v) is 9.21. The normalized spacial score (nSPS) is 11.4. The molecule has 3 rings (SSSR count). The Morgan fingerprint density at radius 1 is 1.03 bits per heavy atom. The van der Waals surface area contributed by atoms with Crippen LogP contribution in [0, 0.1) is 13.8 Å². The van der Waals surface area contributed by atoms with Gasteiger partial charge in [0, 0.05) is 30.5 Å². The highest BCUT2D eigenvalue weighted by Crippen LogP contribution is 2.27. The largest absolute Gasteiger partial charge is 0.456 e. The standard InChI is InChI=1S/C24H27N3O4S/c1-5-27(6-2)32(29,30)22-14-17(3)18(4)23(15-22)26-24(28)19-9-11-20(12-10-19)31-21-8-7-13-25-16-21/h7-16H,5-6H2,1-4H3,(H,26,28). The highest BCUT2D eigenvalue weighted by atomic mass is 32.2. The lowest BCUT2D eigenvalue weighted by molar-refractivity contribution is 0.102. The van der Waals surface area contributed by atoms with Crippen molar-refractivity contribution >= 4 is 21.6 Å². The Morgan fingerprint density at radius 3 is 2.31 bits per heavy atom. The molecule has 8 heteroatoms. The first-order valence-corrected chi connectivity index (χ1v) is 11.8. The van der Waals surface area contributed by atoms with Crippen LogP contribution in [0.25, 0.3) is 0 Å². The Balaban J connectivity index is 1.82. The predicted molar refractivity (Wildman–Crippen MR) is 125 cm³/mol. The average molecular weight is 454 g/mol. The van der Waals surface area contributed by atoms with Gasteiger partial charge in [-0.1, -0.05) is 13.8 Å². The number of amides is 1. The van der Waals surface area contributed by atoms with Crippen molar-refractivity contribution in [1.82, 2.24) is 9.29 Å². The quantitative estimate of drug-likeness (QED) is 0.531. The molecule has 0 atom stereocenters. The van der Waals surface area contributed by atoms with Crippen molar-refractivity contribution in [1.29, 1.82) is 0 Å². The molecule has 32 heavy (non-hydrogen) atoms. The number of carbonyl (C=O) groups excluding carboxylic acids is 1. The highest BCUT2D eigenvalue weighted by molar-refractivity contribution is 7.89. The first kappa shape index (κ1) is 23.4. The van der Waals surface area contributed by atoms with Crippen LogP contribution >= 0.6 is 0 Å². The Bertz CT molecular complexity index is 1190. The van der Waals surface area contributed by atoms with E-state index in [1.54, 1.807) is 68.7 Å². The summed E-state index contributed by atoms with van der Waals surface area (Å²) in [4.78, 5) is 17.0. The molecular formula is C24H27N3O4S. The summed E-state index contributed by atoms with van der Waals surface area (Å²) in [5, 5.41) is 2.85. The van der Waals surface area contributed by atoms with E-state index in [0.717, 1.165) is 11.1 Å². The van der Waals surface area contributed by atoms with Crippen LogP contribution in [0.1, 0.15) is 35.3 Å². The van der Waals surface area contributed by atoms with Gasteiger partial charge in [0.1, 0.15) is 11.5 Å². The fourth-order valence-electron chi connectivity index (χ4n) is 3.23. The topological polar surface area (TPSA) is 88.6 Å². The molecule has 0 aliphatic rings. The Morgan fingerprint density at radius 2 is 1.72 bits per heavy atom. The summed E-state index contributed by atoms with van der Waals surface area (Å²) in [6.45, 7) is 8.03. The third-order valence-electron chi connectivity index (χ3n) is 5.22. The van der Waals surface area contributed by atoms with Gasteiger partial charge in [-0.2, -0.15) is 4.31 Å². The van der Waals surface area contributed by atoms with E-state index in [9.17, 15) is 13.2 Å². The first-order chi connectivity index (χ1) is 15.3. The van der Waals surface area contributed by atoms with Crippen molar-refractivity contribution in [3.8, 4) is 11.5 Å². The van der Waals surface area contributed by atoms with Crippen molar-refractivity contribution in [2.45, 2.75) is 32.6 Å². The van der Waals surface area contributed by atoms with Crippen LogP contribution in [0.3, 0.4) is 0 Å². The number of pyridine rings is 1. The Labute approximate surface area is 189 Å². The number of carbonyl (C=O) groups is 1. The summed E-state index contributed by atoms with van der Waals surface area (Å²) in [6.07, 6.45) is 3.26. The van der Waals surface area contributed by atoms with Crippen molar-refractivity contribution in [2.75, 3.05) is 18.4 Å². The van der Waals surface area contributed by atoms with Gasteiger partial charge in [-0.3, -0.25) is 9.78 Å². The molecule has 0 bridgehead atoms. The number of rotatable bonds is 8. The Hall–Kier alpha value is -3.23. The second kappa shape index (κ2) is 9.93. The molecular weight excluding hydrogens is 426 g/mol. The van der Waals surface area contributed by atoms with E-state index >= 15 is 0 Å². The molecule has 0 unspecified atom stereocenters. The summed E-state index contributed by atoms with van der Waals surface area (Å²) in [6, 6.07) is 13.4. The van der Waals surface area contributed by atoms with E-state index in [-0.39, 0.29) is 10.8 Å². The fourth-order valence-corrected chi connectivity index (χ4v) is 4.80. The van der Waals surface area contributed by atoms with E-state index in [1.807, 2.05) is 13.8 Å². The molecule has 0 saturated heterocycles. The zero-order chi connectivity index (χ0) is 23.3. The molecule has 0 fully saturated rings. The van der Waals surface area contributed by atoms with Gasteiger partial charge in [0.2, 0.25) is 10.0 Å². The number of benzene rings is 2. The lowest BCUT2D eigenvalue weighted by Gasteiger charge is -2.20. The molecule has 1 amide bonds. The molecule has 0 saturated carbocycles. The van der Waals surface area contributed by atoms with Gasteiger partial charge in [-0.15, -0.1) is 0 Å². The Kier molecular flexibility index (Phi) is 7.27. The molecule has 0 aliphatic carbocycles. The van der Waals surface area contributed by atoms with Gasteiger partial charge in [0.25, 0.3) is 5.91 Å². The summed E-state index contributed by atoms with van der Waals surface area (Å²) < 4.78 is 33.0. The minimum atomic E-state index is -3.64. The van der Waals surface area contributed by atoms with E-state index in [4.69, 9.17) is 4.74 Å². The summed E-state index contributed by atoms with van der Waals surface area (Å²) in [7, 11) is -3.64. The number of nitrogens with zero attached hydrogens (tertiary/aromatic N) is 2. The van der Waals surface area contributed by atoms with E-state index in [0.29, 0.717) is 35.8 Å². The molecule has 2 aromatic carbocycles. The van der Waals surface area contributed by atoms with Crippen LogP contribution < -0.4 is 10.1 Å². The lowest BCUT2D eigenvalue weighted by Crippen LogP contribution is -2.30. The van der Waals surface area contributed by atoms with Crippen LogP contribution in [0.5, 0.6) is 11.5 Å². The molecule has 1 N–H and O–H groups in total. The first-order valence-electron chi connectivity index (χ1n) is 10.4. The lowest BCUT2D eigenvalue weighted by atomic mass is 10.1. The van der Waals surface area contributed by atoms with Gasteiger partial charge in [-0.25, -0.2) is 8.42 Å². The molecule has 1 aromatic heterocycles. The zero-order valence-corrected chi connectivity index (χ0v) is 19.4. The number of aryl methyl sites for hydroxylation is 1. The predicted octanol–water partition coefficient (Wildman–Crippen LogP) is 4.77. The number of aromatic nitrogens is 1. The number of sulfonamides is 1. The van der Waals surface area contributed by atoms with Crippen molar-refractivity contribution in [2.24, 2.45) is 0 Å². The number of hydrogen-bond acceptors (Lipinski definition) is 5. The smallest absolute Gasteiger partial charge is 0.255 e. The monoisotopic (exact) mass is 453 g/mol. The molecule has 0 radical (unpaired) electrons.